The summed E-state index contributed by atoms with van der Waals surface area (Å²) in [7, 11) is 0. The Morgan fingerprint density at radius 2 is 0.822 bits per heavy atom. The normalized spacial score (nSPS) is 11.6. The lowest BCUT2D eigenvalue weighted by atomic mass is 9.93. The fourth-order valence-corrected chi connectivity index (χ4v) is 7.50. The van der Waals surface area contributed by atoms with Crippen molar-refractivity contribution < 1.29 is 0 Å². The molecule has 0 saturated carbocycles. The molecule has 0 amide bonds. The second kappa shape index (κ2) is 10.5. The molecule has 0 saturated heterocycles. The minimum absolute atomic E-state index is 0.670. The largest absolute Gasteiger partial charge is 0.208 e. The standard InChI is InChI=1S/C41H25N3S/c1-3-11-26(12-4-1)39-42-40(27-13-5-2-6-14-27)44-41(43-39)30-20-22-35-34-21-19-29(24-37(34)45-38(35)25-30)36-23-28-15-7-8-16-31(28)32-17-9-10-18-33(32)36/h1-25H. The number of nitrogens with zero attached hydrogens (tertiary/aromatic N) is 3. The lowest BCUT2D eigenvalue weighted by Crippen LogP contribution is -1.99. The van der Waals surface area contributed by atoms with Crippen LogP contribution in [0, 0.1) is 0 Å². The smallest absolute Gasteiger partial charge is 0.164 e. The molecule has 3 nitrogen and oxygen atoms in total. The molecular formula is C41H25N3S. The molecule has 0 bridgehead atoms. The minimum Gasteiger partial charge on any atom is -0.208 e. The van der Waals surface area contributed by atoms with Gasteiger partial charge in [0.05, 0.1) is 0 Å². The van der Waals surface area contributed by atoms with E-state index >= 15 is 0 Å². The van der Waals surface area contributed by atoms with Crippen molar-refractivity contribution in [1.29, 1.82) is 0 Å². The maximum Gasteiger partial charge on any atom is 0.164 e. The number of hydrogen-bond acceptors (Lipinski definition) is 4. The lowest BCUT2D eigenvalue weighted by molar-refractivity contribution is 1.07. The number of aromatic nitrogens is 3. The minimum atomic E-state index is 0.670. The van der Waals surface area contributed by atoms with Crippen LogP contribution < -0.4 is 0 Å². The van der Waals surface area contributed by atoms with E-state index in [4.69, 9.17) is 15.0 Å². The number of rotatable bonds is 4. The average Bonchev–Trinajstić information content (AvgIpc) is 3.49. The van der Waals surface area contributed by atoms with Crippen LogP contribution in [0.15, 0.2) is 152 Å². The number of thiophene rings is 1. The summed E-state index contributed by atoms with van der Waals surface area (Å²) in [5.41, 5.74) is 5.40. The molecule has 0 N–H and O–H groups in total. The highest BCUT2D eigenvalue weighted by molar-refractivity contribution is 7.25. The highest BCUT2D eigenvalue weighted by Gasteiger charge is 2.15. The lowest BCUT2D eigenvalue weighted by Gasteiger charge is -2.11. The molecule has 0 fully saturated rings. The third-order valence-electron chi connectivity index (χ3n) is 8.51. The molecule has 0 aliphatic rings. The Morgan fingerprint density at radius 3 is 1.47 bits per heavy atom. The summed E-state index contributed by atoms with van der Waals surface area (Å²) in [4.78, 5) is 14.8. The van der Waals surface area contributed by atoms with Crippen molar-refractivity contribution in [2.45, 2.75) is 0 Å². The van der Waals surface area contributed by atoms with Crippen LogP contribution in [0.5, 0.6) is 0 Å². The van der Waals surface area contributed by atoms with Gasteiger partial charge in [-0.1, -0.05) is 133 Å². The van der Waals surface area contributed by atoms with E-state index in [1.165, 1.54) is 52.8 Å². The van der Waals surface area contributed by atoms with Gasteiger partial charge in [0.1, 0.15) is 0 Å². The van der Waals surface area contributed by atoms with Crippen molar-refractivity contribution in [2.75, 3.05) is 0 Å². The molecule has 2 heterocycles. The third-order valence-corrected chi connectivity index (χ3v) is 9.63. The summed E-state index contributed by atoms with van der Waals surface area (Å²) >= 11 is 1.82. The summed E-state index contributed by atoms with van der Waals surface area (Å²) < 4.78 is 2.48. The highest BCUT2D eigenvalue weighted by atomic mass is 32.1. The van der Waals surface area contributed by atoms with Gasteiger partial charge in [0.25, 0.3) is 0 Å². The molecule has 0 atom stereocenters. The maximum absolute atomic E-state index is 4.95. The molecule has 0 aliphatic heterocycles. The van der Waals surface area contributed by atoms with E-state index in [9.17, 15) is 0 Å². The summed E-state index contributed by atoms with van der Waals surface area (Å²) in [5.74, 6) is 2.01. The predicted molar refractivity (Wildman–Crippen MR) is 189 cm³/mol. The quantitative estimate of drug-likeness (QED) is 0.191. The fourth-order valence-electron chi connectivity index (χ4n) is 6.31. The van der Waals surface area contributed by atoms with E-state index in [0.717, 1.165) is 16.7 Å². The highest BCUT2D eigenvalue weighted by Crippen LogP contribution is 2.41. The molecule has 2 aromatic heterocycles. The van der Waals surface area contributed by atoms with Crippen molar-refractivity contribution in [2.24, 2.45) is 0 Å². The van der Waals surface area contributed by atoms with Gasteiger partial charge in [-0.25, -0.2) is 15.0 Å². The monoisotopic (exact) mass is 591 g/mol. The zero-order valence-electron chi connectivity index (χ0n) is 24.2. The van der Waals surface area contributed by atoms with E-state index in [1.807, 2.05) is 72.0 Å². The van der Waals surface area contributed by atoms with Crippen molar-refractivity contribution in [3.05, 3.63) is 152 Å². The average molecular weight is 592 g/mol. The van der Waals surface area contributed by atoms with Gasteiger partial charge < -0.3 is 0 Å². The molecule has 0 spiro atoms. The zero-order chi connectivity index (χ0) is 29.7. The van der Waals surface area contributed by atoms with Crippen LogP contribution in [0.3, 0.4) is 0 Å². The molecule has 210 valence electrons. The van der Waals surface area contributed by atoms with E-state index in [1.54, 1.807) is 0 Å². The summed E-state index contributed by atoms with van der Waals surface area (Å²) in [6.45, 7) is 0. The van der Waals surface area contributed by atoms with E-state index in [-0.39, 0.29) is 0 Å². The second-order valence-electron chi connectivity index (χ2n) is 11.3. The first-order valence-electron chi connectivity index (χ1n) is 15.0. The van der Waals surface area contributed by atoms with E-state index in [0.29, 0.717) is 17.5 Å². The molecule has 0 aliphatic carbocycles. The van der Waals surface area contributed by atoms with Gasteiger partial charge >= 0.3 is 0 Å². The summed E-state index contributed by atoms with van der Waals surface area (Å²) in [6, 6.07) is 53.4. The van der Waals surface area contributed by atoms with Gasteiger partial charge in [-0.05, 0) is 50.9 Å². The Hall–Kier alpha value is -5.71. The molecule has 7 aromatic carbocycles. The van der Waals surface area contributed by atoms with Crippen LogP contribution in [-0.2, 0) is 0 Å². The number of benzene rings is 7. The van der Waals surface area contributed by atoms with Crippen LogP contribution in [0.2, 0.25) is 0 Å². The fraction of sp³-hybridized carbons (Fsp3) is 0. The SMILES string of the molecule is c1ccc(-c2nc(-c3ccccc3)nc(-c3ccc4c(c3)sc3cc(-c5cc6ccccc6c6ccccc56)ccc34)n2)cc1. The Balaban J connectivity index is 1.18. The van der Waals surface area contributed by atoms with Crippen LogP contribution in [-0.4, -0.2) is 15.0 Å². The molecular weight excluding hydrogens is 567 g/mol. The van der Waals surface area contributed by atoms with Gasteiger partial charge in [-0.2, -0.15) is 0 Å². The third kappa shape index (κ3) is 4.46. The van der Waals surface area contributed by atoms with E-state index < -0.39 is 0 Å². The summed E-state index contributed by atoms with van der Waals surface area (Å²) in [5, 5.41) is 7.62. The van der Waals surface area contributed by atoms with E-state index in [2.05, 4.69) is 91.0 Å². The summed E-state index contributed by atoms with van der Waals surface area (Å²) in [6.07, 6.45) is 0. The maximum atomic E-state index is 4.95. The Labute approximate surface area is 264 Å². The predicted octanol–water partition coefficient (Wildman–Crippen LogP) is 11.2. The van der Waals surface area contributed by atoms with Crippen LogP contribution in [0.4, 0.5) is 0 Å². The Morgan fingerprint density at radius 1 is 0.333 bits per heavy atom. The molecule has 9 aromatic rings. The van der Waals surface area contributed by atoms with Gasteiger partial charge in [0.15, 0.2) is 17.5 Å². The Bertz CT molecular complexity index is 2480. The van der Waals surface area contributed by atoms with Crippen molar-refractivity contribution >= 4 is 53.1 Å². The van der Waals surface area contributed by atoms with Crippen molar-refractivity contribution in [3.8, 4) is 45.3 Å². The van der Waals surface area contributed by atoms with Crippen molar-refractivity contribution in [1.82, 2.24) is 15.0 Å². The van der Waals surface area contributed by atoms with Crippen LogP contribution in [0.25, 0.3) is 87.0 Å². The molecule has 45 heavy (non-hydrogen) atoms. The first-order valence-corrected chi connectivity index (χ1v) is 15.8. The van der Waals surface area contributed by atoms with Gasteiger partial charge in [0, 0.05) is 36.9 Å². The molecule has 9 rings (SSSR count). The molecule has 0 radical (unpaired) electrons. The van der Waals surface area contributed by atoms with Crippen LogP contribution in [0.1, 0.15) is 0 Å². The Kier molecular flexibility index (Phi) is 6.00. The van der Waals surface area contributed by atoms with Gasteiger partial charge in [0.2, 0.25) is 0 Å². The van der Waals surface area contributed by atoms with Gasteiger partial charge in [-0.3, -0.25) is 0 Å². The first kappa shape index (κ1) is 25.8. The second-order valence-corrected chi connectivity index (χ2v) is 12.3. The molecule has 0 unspecified atom stereocenters. The first-order chi connectivity index (χ1) is 22.3. The topological polar surface area (TPSA) is 38.7 Å². The molecule has 4 heteroatoms. The number of fused-ring (bicyclic) bond motifs is 6. The number of hydrogen-bond donors (Lipinski definition) is 0. The van der Waals surface area contributed by atoms with Crippen LogP contribution >= 0.6 is 11.3 Å². The zero-order valence-corrected chi connectivity index (χ0v) is 25.0. The van der Waals surface area contributed by atoms with Gasteiger partial charge in [-0.15, -0.1) is 11.3 Å². The van der Waals surface area contributed by atoms with Crippen molar-refractivity contribution in [3.63, 3.8) is 0 Å².